The number of ether oxygens (including phenoxy) is 1. The van der Waals surface area contributed by atoms with Gasteiger partial charge in [-0.3, -0.25) is 4.79 Å². The zero-order chi connectivity index (χ0) is 9.78. The highest BCUT2D eigenvalue weighted by molar-refractivity contribution is 5.71. The summed E-state index contributed by atoms with van der Waals surface area (Å²) in [4.78, 5) is 11.0. The number of hydrogen-bond donors (Lipinski definition) is 1. The normalized spacial score (nSPS) is 13.2. The zero-order valence-corrected chi connectivity index (χ0v) is 7.63. The molecule has 4 nitrogen and oxygen atoms in total. The second-order valence-corrected chi connectivity index (χ2v) is 3.53. The fourth-order valence-electron chi connectivity index (χ4n) is 0.608. The van der Waals surface area contributed by atoms with E-state index in [1.54, 1.807) is 26.8 Å². The van der Waals surface area contributed by atoms with Crippen LogP contribution in [0, 0.1) is 11.3 Å². The Morgan fingerprint density at radius 3 is 2.50 bits per heavy atom. The molecule has 4 heteroatoms. The fraction of sp³-hybridized carbons (Fsp3) is 0.750. The molecule has 0 aliphatic rings. The van der Waals surface area contributed by atoms with Gasteiger partial charge in [0.05, 0.1) is 12.5 Å². The average molecular weight is 170 g/mol. The monoisotopic (exact) mass is 170 g/mol. The zero-order valence-electron chi connectivity index (χ0n) is 7.63. The average Bonchev–Trinajstić information content (AvgIpc) is 1.82. The predicted octanol–water partition coefficient (Wildman–Crippen LogP) is 0.569. The number of hydrogen-bond acceptors (Lipinski definition) is 4. The first-order chi connectivity index (χ1) is 5.35. The van der Waals surface area contributed by atoms with Crippen molar-refractivity contribution in [1.29, 1.82) is 5.26 Å². The molecule has 0 fully saturated rings. The van der Waals surface area contributed by atoms with E-state index in [0.29, 0.717) is 0 Å². The molecule has 0 aromatic heterocycles. The van der Waals surface area contributed by atoms with Crippen LogP contribution in [0.2, 0.25) is 0 Å². The molecule has 1 atom stereocenters. The van der Waals surface area contributed by atoms with Crippen LogP contribution in [0.4, 0.5) is 0 Å². The van der Waals surface area contributed by atoms with Gasteiger partial charge in [-0.1, -0.05) is 0 Å². The third-order valence-corrected chi connectivity index (χ3v) is 0.972. The Labute approximate surface area is 72.3 Å². The topological polar surface area (TPSA) is 76.1 Å². The lowest BCUT2D eigenvalue weighted by Gasteiger charge is -2.19. The summed E-state index contributed by atoms with van der Waals surface area (Å²) in [6, 6.07) is 0.995. The highest BCUT2D eigenvalue weighted by Crippen LogP contribution is 2.08. The number of nitrogens with zero attached hydrogens (tertiary/aromatic N) is 1. The van der Waals surface area contributed by atoms with E-state index in [0.717, 1.165) is 0 Å². The van der Waals surface area contributed by atoms with E-state index in [4.69, 9.17) is 15.7 Å². The summed E-state index contributed by atoms with van der Waals surface area (Å²) in [5.41, 5.74) is 4.72. The van der Waals surface area contributed by atoms with E-state index in [2.05, 4.69) is 0 Å². The van der Waals surface area contributed by atoms with Gasteiger partial charge in [-0.15, -0.1) is 0 Å². The molecule has 0 saturated heterocycles. The Morgan fingerprint density at radius 2 is 2.17 bits per heavy atom. The Morgan fingerprint density at radius 1 is 1.67 bits per heavy atom. The van der Waals surface area contributed by atoms with Gasteiger partial charge in [0.25, 0.3) is 0 Å². The molecule has 0 aliphatic carbocycles. The Balaban J connectivity index is 3.85. The van der Waals surface area contributed by atoms with Crippen LogP contribution in [0.15, 0.2) is 0 Å². The van der Waals surface area contributed by atoms with Crippen molar-refractivity contribution in [3.63, 3.8) is 0 Å². The van der Waals surface area contributed by atoms with Crippen LogP contribution in [0.3, 0.4) is 0 Å². The van der Waals surface area contributed by atoms with E-state index in [1.807, 2.05) is 0 Å². The molecule has 2 N–H and O–H groups in total. The molecule has 0 rings (SSSR count). The first-order valence-electron chi connectivity index (χ1n) is 3.72. The molecule has 1 unspecified atom stereocenters. The molecule has 0 aliphatic heterocycles. The van der Waals surface area contributed by atoms with Crippen molar-refractivity contribution >= 4 is 5.97 Å². The van der Waals surface area contributed by atoms with Crippen LogP contribution in [0.5, 0.6) is 0 Å². The molecule has 0 heterocycles. The first kappa shape index (κ1) is 10.9. The van der Waals surface area contributed by atoms with Gasteiger partial charge in [0.15, 0.2) is 0 Å². The summed E-state index contributed by atoms with van der Waals surface area (Å²) < 4.78 is 4.94. The lowest BCUT2D eigenvalue weighted by molar-refractivity contribution is -0.154. The molecule has 0 aromatic rings. The van der Waals surface area contributed by atoms with Crippen molar-refractivity contribution in [3.05, 3.63) is 0 Å². The van der Waals surface area contributed by atoms with Crippen LogP contribution >= 0.6 is 0 Å². The maximum atomic E-state index is 11.0. The van der Waals surface area contributed by atoms with Crippen molar-refractivity contribution in [2.75, 3.05) is 0 Å². The molecule has 0 aromatic carbocycles. The van der Waals surface area contributed by atoms with Crippen LogP contribution in [-0.4, -0.2) is 17.6 Å². The molecule has 0 bridgehead atoms. The van der Waals surface area contributed by atoms with Crippen LogP contribution in [0.1, 0.15) is 27.2 Å². The second-order valence-electron chi connectivity index (χ2n) is 3.53. The van der Waals surface area contributed by atoms with E-state index in [1.165, 1.54) is 0 Å². The van der Waals surface area contributed by atoms with Gasteiger partial charge in [-0.05, 0) is 20.8 Å². The highest BCUT2D eigenvalue weighted by Gasteiger charge is 2.18. The van der Waals surface area contributed by atoms with E-state index < -0.39 is 17.6 Å². The predicted molar refractivity (Wildman–Crippen MR) is 44.1 cm³/mol. The van der Waals surface area contributed by atoms with Gasteiger partial charge in [0.2, 0.25) is 0 Å². The standard InChI is InChI=1S/C8H14N2O2/c1-8(2,3)12-7(11)4-6(10)5-9/h6H,4,10H2,1-3H3. The second kappa shape index (κ2) is 4.07. The largest absolute Gasteiger partial charge is 0.460 e. The Kier molecular flexibility index (Phi) is 3.71. The summed E-state index contributed by atoms with van der Waals surface area (Å²) in [5, 5.41) is 8.30. The number of nitriles is 1. The van der Waals surface area contributed by atoms with Crippen LogP contribution in [-0.2, 0) is 9.53 Å². The summed E-state index contributed by atoms with van der Waals surface area (Å²) in [6.45, 7) is 5.30. The lowest BCUT2D eigenvalue weighted by Crippen LogP contribution is -2.29. The SMILES string of the molecule is CC(C)(C)OC(=O)CC(N)C#N. The van der Waals surface area contributed by atoms with Crippen molar-refractivity contribution in [2.45, 2.75) is 38.8 Å². The maximum Gasteiger partial charge on any atom is 0.308 e. The number of carbonyl (C=O) groups excluding carboxylic acids is 1. The maximum absolute atomic E-state index is 11.0. The molecular weight excluding hydrogens is 156 g/mol. The van der Waals surface area contributed by atoms with E-state index in [9.17, 15) is 4.79 Å². The fourth-order valence-corrected chi connectivity index (χ4v) is 0.608. The number of esters is 1. The Hall–Kier alpha value is -1.08. The van der Waals surface area contributed by atoms with Crippen LogP contribution < -0.4 is 5.73 Å². The van der Waals surface area contributed by atoms with Gasteiger partial charge in [0.1, 0.15) is 11.6 Å². The van der Waals surface area contributed by atoms with Crippen molar-refractivity contribution in [3.8, 4) is 6.07 Å². The highest BCUT2D eigenvalue weighted by atomic mass is 16.6. The van der Waals surface area contributed by atoms with Gasteiger partial charge < -0.3 is 10.5 Å². The smallest absolute Gasteiger partial charge is 0.308 e. The minimum atomic E-state index is -0.764. The number of rotatable bonds is 2. The molecule has 0 amide bonds. The molecule has 0 radical (unpaired) electrons. The minimum Gasteiger partial charge on any atom is -0.460 e. The van der Waals surface area contributed by atoms with E-state index in [-0.39, 0.29) is 6.42 Å². The van der Waals surface area contributed by atoms with Crippen molar-refractivity contribution in [1.82, 2.24) is 0 Å². The van der Waals surface area contributed by atoms with Crippen molar-refractivity contribution < 1.29 is 9.53 Å². The molecule has 0 saturated carbocycles. The first-order valence-corrected chi connectivity index (χ1v) is 3.72. The summed E-state index contributed by atoms with van der Waals surface area (Å²) in [6.07, 6.45) is -0.0478. The van der Waals surface area contributed by atoms with E-state index >= 15 is 0 Å². The third-order valence-electron chi connectivity index (χ3n) is 0.972. The van der Waals surface area contributed by atoms with Gasteiger partial charge in [-0.2, -0.15) is 5.26 Å². The third kappa shape index (κ3) is 5.69. The van der Waals surface area contributed by atoms with Gasteiger partial charge in [0, 0.05) is 0 Å². The van der Waals surface area contributed by atoms with Gasteiger partial charge in [-0.25, -0.2) is 0 Å². The molecule has 12 heavy (non-hydrogen) atoms. The quantitative estimate of drug-likeness (QED) is 0.614. The van der Waals surface area contributed by atoms with Crippen molar-refractivity contribution in [2.24, 2.45) is 5.73 Å². The van der Waals surface area contributed by atoms with Crippen LogP contribution in [0.25, 0.3) is 0 Å². The molecule has 68 valence electrons. The van der Waals surface area contributed by atoms with Gasteiger partial charge >= 0.3 is 5.97 Å². The summed E-state index contributed by atoms with van der Waals surface area (Å²) >= 11 is 0. The Bertz CT molecular complexity index is 200. The summed E-state index contributed by atoms with van der Waals surface area (Å²) in [5.74, 6) is -0.434. The number of carbonyl (C=O) groups is 1. The molecular formula is C8H14N2O2. The number of nitrogens with two attached hydrogens (primary N) is 1. The minimum absolute atomic E-state index is 0.0478. The molecule has 0 spiro atoms. The lowest BCUT2D eigenvalue weighted by atomic mass is 10.2. The summed E-state index contributed by atoms with van der Waals surface area (Å²) in [7, 11) is 0.